The van der Waals surface area contributed by atoms with Crippen molar-refractivity contribution in [2.75, 3.05) is 0 Å². The van der Waals surface area contributed by atoms with E-state index in [1.165, 1.54) is 70.6 Å². The molecular formula is C20H44O2S2Sn. The summed E-state index contributed by atoms with van der Waals surface area (Å²) >= 11 is 6.59. The maximum atomic E-state index is 10.2. The molecule has 2 radical (unpaired) electrons. The van der Waals surface area contributed by atoms with Gasteiger partial charge in [-0.25, -0.2) is 0 Å². The Morgan fingerprint density at radius 3 is 1.40 bits per heavy atom. The number of hydrogen-bond acceptors (Lipinski definition) is 3. The molecule has 152 valence electrons. The third kappa shape index (κ3) is 40.8. The van der Waals surface area contributed by atoms with E-state index in [4.69, 9.17) is 5.11 Å². The molecule has 0 saturated carbocycles. The largest absolute Gasteiger partial charge is 0.115 e. The van der Waals surface area contributed by atoms with Gasteiger partial charge in [-0.1, -0.05) is 58.3 Å². The van der Waals surface area contributed by atoms with Crippen molar-refractivity contribution in [1.29, 1.82) is 0 Å². The van der Waals surface area contributed by atoms with Crippen LogP contribution in [0.5, 0.6) is 0 Å². The Morgan fingerprint density at radius 1 is 0.680 bits per heavy atom. The Bertz CT molecular complexity index is 224. The van der Waals surface area contributed by atoms with Gasteiger partial charge in [0.05, 0.1) is 0 Å². The van der Waals surface area contributed by atoms with Gasteiger partial charge in [-0.3, -0.25) is 4.79 Å². The van der Waals surface area contributed by atoms with E-state index in [1.807, 2.05) is 0 Å². The van der Waals surface area contributed by atoms with Gasteiger partial charge in [0.25, 0.3) is 0 Å². The Hall–Kier alpha value is 0.969. The summed E-state index contributed by atoms with van der Waals surface area (Å²) in [7, 11) is 0. The molecule has 0 aromatic rings. The molecule has 25 heavy (non-hydrogen) atoms. The fraction of sp³-hybridized carbons (Fsp3) is 0.950. The Labute approximate surface area is 179 Å². The minimum absolute atomic E-state index is 0.149. The number of hydrogen-bond donors (Lipinski definition) is 3. The maximum Gasteiger partial charge on any atom is -0.115 e. The maximum absolute atomic E-state index is 10.2. The summed E-state index contributed by atoms with van der Waals surface area (Å²) < 4.78 is 3.25. The van der Waals surface area contributed by atoms with Crippen LogP contribution < -0.4 is 0 Å². The molecule has 0 spiro atoms. The van der Waals surface area contributed by atoms with E-state index in [0.717, 1.165) is 12.8 Å². The van der Waals surface area contributed by atoms with Crippen molar-refractivity contribution < 1.29 is 9.90 Å². The average Bonchev–Trinajstić information content (AvgIpc) is 2.62. The third-order valence-electron chi connectivity index (χ3n) is 3.91. The summed E-state index contributed by atoms with van der Waals surface area (Å²) in [4.78, 5) is 10.2. The zero-order valence-corrected chi connectivity index (χ0v) is 21.7. The number of rotatable bonds is 16. The van der Waals surface area contributed by atoms with Crippen LogP contribution in [0.1, 0.15) is 111 Å². The first-order valence-corrected chi connectivity index (χ1v) is 15.9. The Kier molecular flexibility index (Phi) is 40.0. The van der Waals surface area contributed by atoms with Crippen molar-refractivity contribution in [3.05, 3.63) is 0 Å². The van der Waals surface area contributed by atoms with Gasteiger partial charge >= 0.3 is 75.5 Å². The molecule has 0 amide bonds. The molecule has 0 heterocycles. The molecule has 5 heteroatoms. The quantitative estimate of drug-likeness (QED) is 0.0875. The summed E-state index contributed by atoms with van der Waals surface area (Å²) in [5, 5.41) is 8.41. The minimum Gasteiger partial charge on any atom is -0.115 e. The number of carboxylic acids is 1. The monoisotopic (exact) mass is 500 g/mol. The topological polar surface area (TPSA) is 37.3 Å². The second-order valence-corrected chi connectivity index (χ2v) is 10.7. The summed E-state index contributed by atoms with van der Waals surface area (Å²) in [5.41, 5.74) is 0. The van der Waals surface area contributed by atoms with E-state index in [-0.39, 0.29) is 21.1 Å². The second kappa shape index (κ2) is 32.6. The van der Waals surface area contributed by atoms with Crippen molar-refractivity contribution in [3.63, 3.8) is 0 Å². The van der Waals surface area contributed by atoms with E-state index in [9.17, 15) is 4.79 Å². The van der Waals surface area contributed by atoms with E-state index in [1.54, 1.807) is 8.87 Å². The summed E-state index contributed by atoms with van der Waals surface area (Å²) in [5.74, 6) is -0.659. The van der Waals surface area contributed by atoms with Crippen LogP contribution in [-0.4, -0.2) is 32.2 Å². The summed E-state index contributed by atoms with van der Waals surface area (Å²) in [6.45, 7) is 6.81. The Balaban J connectivity index is -0.000000380. The third-order valence-corrected chi connectivity index (χ3v) is 7.94. The first kappa shape index (κ1) is 30.7. The van der Waals surface area contributed by atoms with Gasteiger partial charge in [0.1, 0.15) is 0 Å². The summed E-state index contributed by atoms with van der Waals surface area (Å²) in [6, 6.07) is 0. The van der Waals surface area contributed by atoms with Crippen LogP contribution in [0, 0.1) is 0 Å². The Morgan fingerprint density at radius 2 is 1.04 bits per heavy atom. The fourth-order valence-electron chi connectivity index (χ4n) is 2.32. The molecule has 0 aliphatic heterocycles. The first-order chi connectivity index (χ1) is 12.2. The van der Waals surface area contributed by atoms with E-state index in [0.29, 0.717) is 6.42 Å². The van der Waals surface area contributed by atoms with Crippen LogP contribution in [0.3, 0.4) is 0 Å². The summed E-state index contributed by atoms with van der Waals surface area (Å²) in [6.07, 6.45) is 17.3. The molecule has 0 unspecified atom stereocenters. The molecule has 0 saturated heterocycles. The van der Waals surface area contributed by atoms with Crippen LogP contribution in [0.4, 0.5) is 0 Å². The number of carboxylic acid groups (broad SMARTS) is 1. The average molecular weight is 499 g/mol. The first-order valence-electron chi connectivity index (χ1n) is 10.3. The number of carbonyl (C=O) groups is 1. The molecular weight excluding hydrogens is 455 g/mol. The molecule has 2 nitrogen and oxygen atoms in total. The molecule has 0 rings (SSSR count). The van der Waals surface area contributed by atoms with E-state index >= 15 is 0 Å². The second-order valence-electron chi connectivity index (χ2n) is 6.43. The van der Waals surface area contributed by atoms with E-state index < -0.39 is 5.97 Å². The smallest absolute Gasteiger partial charge is 0.115 e. The van der Waals surface area contributed by atoms with Gasteiger partial charge in [0, 0.05) is 6.42 Å². The van der Waals surface area contributed by atoms with Crippen LogP contribution in [0.25, 0.3) is 0 Å². The van der Waals surface area contributed by atoms with Crippen molar-refractivity contribution in [1.82, 2.24) is 0 Å². The standard InChI is InChI=1S/C12H24O2.2C4H9.H2S2.Sn/c1-2-3-4-5-6-7-8-9-10-11-12(13)14;2*1-3-4-2;1-2;/h2-11H2,1H3,(H,13,14);2*1,3-4H2,2H3;1-2H;. The van der Waals surface area contributed by atoms with Crippen molar-refractivity contribution >= 4 is 50.4 Å². The predicted octanol–water partition coefficient (Wildman–Crippen LogP) is 7.88. The zero-order chi connectivity index (χ0) is 19.6. The van der Waals surface area contributed by atoms with Gasteiger partial charge in [-0.05, 0) is 6.42 Å². The molecule has 0 fully saturated rings. The van der Waals surface area contributed by atoms with Crippen LogP contribution in [0.15, 0.2) is 0 Å². The van der Waals surface area contributed by atoms with Gasteiger partial charge in [0.2, 0.25) is 0 Å². The molecule has 0 aromatic carbocycles. The predicted molar refractivity (Wildman–Crippen MR) is 123 cm³/mol. The molecule has 0 bridgehead atoms. The molecule has 0 aliphatic carbocycles. The van der Waals surface area contributed by atoms with Crippen LogP contribution in [-0.2, 0) is 4.79 Å². The van der Waals surface area contributed by atoms with Crippen molar-refractivity contribution in [2.24, 2.45) is 0 Å². The number of unbranched alkanes of at least 4 members (excludes halogenated alkanes) is 10. The molecule has 1 N–H and O–H groups in total. The molecule has 0 atom stereocenters. The van der Waals surface area contributed by atoms with Crippen molar-refractivity contribution in [2.45, 2.75) is 120 Å². The number of aliphatic carboxylic acids is 1. The normalized spacial score (nSPS) is 9.64. The van der Waals surface area contributed by atoms with E-state index in [2.05, 4.69) is 44.1 Å². The van der Waals surface area contributed by atoms with Crippen LogP contribution in [0.2, 0.25) is 8.87 Å². The minimum atomic E-state index is -0.659. The van der Waals surface area contributed by atoms with Gasteiger partial charge in [-0.15, -0.1) is 23.3 Å². The number of thiol groups is 2. The van der Waals surface area contributed by atoms with Gasteiger partial charge in [0.15, 0.2) is 0 Å². The van der Waals surface area contributed by atoms with Crippen LogP contribution >= 0.6 is 23.3 Å². The SMILES string of the molecule is CCCCCCCCCCCC(=O)O.CCC[CH2][Sn][CH2]CCC.SS. The molecule has 0 aliphatic rings. The van der Waals surface area contributed by atoms with Gasteiger partial charge < -0.3 is 5.11 Å². The fourth-order valence-corrected chi connectivity index (χ4v) is 6.47. The molecule has 0 aromatic heterocycles. The van der Waals surface area contributed by atoms with Crippen molar-refractivity contribution in [3.8, 4) is 0 Å². The van der Waals surface area contributed by atoms with Gasteiger partial charge in [-0.2, -0.15) is 0 Å². The zero-order valence-electron chi connectivity index (χ0n) is 17.1.